The van der Waals surface area contributed by atoms with Gasteiger partial charge < -0.3 is 16.2 Å². The highest BCUT2D eigenvalue weighted by molar-refractivity contribution is 5.39. The molecule has 0 spiro atoms. The van der Waals surface area contributed by atoms with Crippen molar-refractivity contribution in [2.24, 2.45) is 5.92 Å². The van der Waals surface area contributed by atoms with E-state index in [1.54, 1.807) is 12.1 Å². The Morgan fingerprint density at radius 3 is 2.60 bits per heavy atom. The summed E-state index contributed by atoms with van der Waals surface area (Å²) in [7, 11) is 0. The van der Waals surface area contributed by atoms with Gasteiger partial charge in [-0.25, -0.2) is 0 Å². The summed E-state index contributed by atoms with van der Waals surface area (Å²) >= 11 is 0. The summed E-state index contributed by atoms with van der Waals surface area (Å²) in [4.78, 5) is 0. The van der Waals surface area contributed by atoms with E-state index in [4.69, 9.17) is 10.8 Å². The van der Waals surface area contributed by atoms with E-state index >= 15 is 0 Å². The van der Waals surface area contributed by atoms with Crippen molar-refractivity contribution in [3.05, 3.63) is 12.1 Å². The van der Waals surface area contributed by atoms with Crippen LogP contribution in [0.3, 0.4) is 0 Å². The van der Waals surface area contributed by atoms with Crippen molar-refractivity contribution in [2.45, 2.75) is 26.3 Å². The Balaban J connectivity index is 2.61. The minimum atomic E-state index is 0.165. The van der Waals surface area contributed by atoms with Gasteiger partial charge in [0.2, 0.25) is 0 Å². The van der Waals surface area contributed by atoms with E-state index in [1.807, 2.05) is 0 Å². The molecule has 15 heavy (non-hydrogen) atoms. The zero-order chi connectivity index (χ0) is 11.3. The summed E-state index contributed by atoms with van der Waals surface area (Å²) < 4.78 is 0. The number of nitrogens with zero attached hydrogens (tertiary/aromatic N) is 2. The molecule has 0 aliphatic carbocycles. The Morgan fingerprint density at radius 1 is 1.40 bits per heavy atom. The molecule has 1 atom stereocenters. The van der Waals surface area contributed by atoms with Crippen molar-refractivity contribution in [1.29, 1.82) is 0 Å². The number of aliphatic hydroxyl groups is 1. The predicted octanol–water partition coefficient (Wildman–Crippen LogP) is 0.878. The molecule has 84 valence electrons. The van der Waals surface area contributed by atoms with Gasteiger partial charge in [0.05, 0.1) is 0 Å². The number of anilines is 2. The lowest BCUT2D eigenvalue weighted by molar-refractivity contribution is 0.267. The number of aliphatic hydroxyl groups excluding tert-OH is 1. The van der Waals surface area contributed by atoms with Crippen molar-refractivity contribution >= 4 is 11.6 Å². The van der Waals surface area contributed by atoms with Gasteiger partial charge in [-0.3, -0.25) is 0 Å². The molecule has 1 aromatic heterocycles. The summed E-state index contributed by atoms with van der Waals surface area (Å²) in [6.45, 7) is 4.36. The maximum Gasteiger partial charge on any atom is 0.149 e. The maximum absolute atomic E-state index is 8.91. The Morgan fingerprint density at radius 2 is 2.13 bits per heavy atom. The highest BCUT2D eigenvalue weighted by atomic mass is 16.3. The van der Waals surface area contributed by atoms with Crippen LogP contribution in [0.15, 0.2) is 12.1 Å². The number of nitrogens with two attached hydrogens (primary N) is 1. The molecule has 0 saturated heterocycles. The number of hydrogen-bond donors (Lipinski definition) is 3. The number of rotatable bonds is 5. The molecule has 0 aromatic carbocycles. The fraction of sp³-hybridized carbons (Fsp3) is 0.600. The van der Waals surface area contributed by atoms with Gasteiger partial charge >= 0.3 is 0 Å². The molecule has 0 fully saturated rings. The van der Waals surface area contributed by atoms with Gasteiger partial charge in [0.25, 0.3) is 0 Å². The van der Waals surface area contributed by atoms with Crippen LogP contribution in [0.2, 0.25) is 0 Å². The number of aromatic nitrogens is 2. The molecule has 0 aliphatic rings. The van der Waals surface area contributed by atoms with E-state index in [0.717, 1.165) is 0 Å². The van der Waals surface area contributed by atoms with Crippen LogP contribution in [0.4, 0.5) is 11.6 Å². The van der Waals surface area contributed by atoms with Gasteiger partial charge in [0, 0.05) is 12.6 Å². The van der Waals surface area contributed by atoms with Crippen molar-refractivity contribution in [3.8, 4) is 0 Å². The molecule has 1 heterocycles. The van der Waals surface area contributed by atoms with Crippen LogP contribution in [0.1, 0.15) is 20.3 Å². The summed E-state index contributed by atoms with van der Waals surface area (Å²) in [5, 5.41) is 19.8. The van der Waals surface area contributed by atoms with Crippen LogP contribution in [0.5, 0.6) is 0 Å². The minimum absolute atomic E-state index is 0.165. The van der Waals surface area contributed by atoms with Crippen LogP contribution < -0.4 is 11.1 Å². The van der Waals surface area contributed by atoms with Crippen molar-refractivity contribution in [3.63, 3.8) is 0 Å². The lowest BCUT2D eigenvalue weighted by Gasteiger charge is -2.21. The molecule has 1 aromatic rings. The van der Waals surface area contributed by atoms with Crippen LogP contribution in [0.25, 0.3) is 0 Å². The molecule has 0 saturated carbocycles. The second-order valence-electron chi connectivity index (χ2n) is 3.85. The molecule has 5 nitrogen and oxygen atoms in total. The van der Waals surface area contributed by atoms with E-state index < -0.39 is 0 Å². The first kappa shape index (κ1) is 11.7. The predicted molar refractivity (Wildman–Crippen MR) is 60.4 cm³/mol. The third kappa shape index (κ3) is 3.71. The molecule has 5 heteroatoms. The second kappa shape index (κ2) is 5.50. The summed E-state index contributed by atoms with van der Waals surface area (Å²) in [6.07, 6.45) is 0.698. The van der Waals surface area contributed by atoms with Gasteiger partial charge in [-0.15, -0.1) is 10.2 Å². The molecule has 0 amide bonds. The molecule has 0 radical (unpaired) electrons. The second-order valence-corrected chi connectivity index (χ2v) is 3.85. The molecule has 4 N–H and O–H groups in total. The van der Waals surface area contributed by atoms with E-state index in [9.17, 15) is 0 Å². The zero-order valence-electron chi connectivity index (χ0n) is 9.14. The highest BCUT2D eigenvalue weighted by Crippen LogP contribution is 2.12. The van der Waals surface area contributed by atoms with Gasteiger partial charge in [-0.2, -0.15) is 0 Å². The minimum Gasteiger partial charge on any atom is -0.396 e. The average molecular weight is 210 g/mol. The van der Waals surface area contributed by atoms with Gasteiger partial charge in [0.15, 0.2) is 0 Å². The Bertz CT molecular complexity index is 286. The largest absolute Gasteiger partial charge is 0.396 e. The monoisotopic (exact) mass is 210 g/mol. The van der Waals surface area contributed by atoms with E-state index in [-0.39, 0.29) is 12.6 Å². The lowest BCUT2D eigenvalue weighted by Crippen LogP contribution is -2.27. The smallest absolute Gasteiger partial charge is 0.149 e. The molecule has 1 unspecified atom stereocenters. The number of nitrogen functional groups attached to an aromatic ring is 1. The molecule has 0 aliphatic heterocycles. The maximum atomic E-state index is 8.91. The molecule has 0 bridgehead atoms. The number of nitrogens with one attached hydrogen (secondary N) is 1. The quantitative estimate of drug-likeness (QED) is 0.671. The van der Waals surface area contributed by atoms with Crippen molar-refractivity contribution < 1.29 is 5.11 Å². The molecule has 1 rings (SSSR count). The summed E-state index contributed by atoms with van der Waals surface area (Å²) in [6, 6.07) is 3.69. The van der Waals surface area contributed by atoms with Gasteiger partial charge in [-0.1, -0.05) is 13.8 Å². The fourth-order valence-corrected chi connectivity index (χ4v) is 1.32. The first-order valence-corrected chi connectivity index (χ1v) is 5.10. The van der Waals surface area contributed by atoms with E-state index in [0.29, 0.717) is 24.0 Å². The third-order valence-electron chi connectivity index (χ3n) is 2.26. The topological polar surface area (TPSA) is 84.1 Å². The summed E-state index contributed by atoms with van der Waals surface area (Å²) in [5.41, 5.74) is 5.43. The zero-order valence-corrected chi connectivity index (χ0v) is 9.14. The highest BCUT2D eigenvalue weighted by Gasteiger charge is 2.12. The Labute approximate surface area is 89.7 Å². The number of hydrogen-bond acceptors (Lipinski definition) is 5. The van der Waals surface area contributed by atoms with Crippen molar-refractivity contribution in [1.82, 2.24) is 10.2 Å². The normalized spacial score (nSPS) is 12.8. The Kier molecular flexibility index (Phi) is 4.30. The SMILES string of the molecule is CC(C)C(CCO)Nc1ccc(N)nn1. The van der Waals surface area contributed by atoms with E-state index in [2.05, 4.69) is 29.4 Å². The third-order valence-corrected chi connectivity index (χ3v) is 2.26. The average Bonchev–Trinajstić information content (AvgIpc) is 2.20. The van der Waals surface area contributed by atoms with Crippen molar-refractivity contribution in [2.75, 3.05) is 17.7 Å². The first-order chi connectivity index (χ1) is 7.13. The molecular formula is C10H18N4O. The molecular weight excluding hydrogens is 192 g/mol. The Hall–Kier alpha value is -1.36. The standard InChI is InChI=1S/C10H18N4O/c1-7(2)8(5-6-15)12-10-4-3-9(11)13-14-10/h3-4,7-8,15H,5-6H2,1-2H3,(H2,11,13)(H,12,14). The van der Waals surface area contributed by atoms with Gasteiger partial charge in [-0.05, 0) is 24.5 Å². The fourth-order valence-electron chi connectivity index (χ4n) is 1.32. The van der Waals surface area contributed by atoms with Crippen LogP contribution in [-0.2, 0) is 0 Å². The van der Waals surface area contributed by atoms with Gasteiger partial charge in [0.1, 0.15) is 11.6 Å². The summed E-state index contributed by atoms with van der Waals surface area (Å²) in [5.74, 6) is 1.52. The lowest BCUT2D eigenvalue weighted by atomic mass is 10.0. The van der Waals surface area contributed by atoms with Crippen LogP contribution in [0, 0.1) is 5.92 Å². The van der Waals surface area contributed by atoms with Crippen LogP contribution in [-0.4, -0.2) is 28.0 Å². The van der Waals surface area contributed by atoms with Crippen LogP contribution >= 0.6 is 0 Å². The first-order valence-electron chi connectivity index (χ1n) is 5.10. The van der Waals surface area contributed by atoms with E-state index in [1.165, 1.54) is 0 Å².